The first-order chi connectivity index (χ1) is 9.15. The second-order valence-corrected chi connectivity index (χ2v) is 6.80. The number of thioether (sulfide) groups is 1. The maximum atomic E-state index is 4.61. The first kappa shape index (κ1) is 13.0. The van der Waals surface area contributed by atoms with Crippen LogP contribution in [0.25, 0.3) is 0 Å². The highest BCUT2D eigenvalue weighted by atomic mass is 32.2. The third-order valence-electron chi connectivity index (χ3n) is 4.10. The molecule has 1 N–H and O–H groups in total. The SMILES string of the molecule is CC1CCC2(CC1)CSC(=NCc1ncn(C)n1)N2. The smallest absolute Gasteiger partial charge is 0.172 e. The summed E-state index contributed by atoms with van der Waals surface area (Å²) >= 11 is 1.85. The lowest BCUT2D eigenvalue weighted by molar-refractivity contribution is 0.251. The zero-order valence-electron chi connectivity index (χ0n) is 11.6. The normalized spacial score (nSPS) is 32.9. The van der Waals surface area contributed by atoms with Crippen molar-refractivity contribution in [2.24, 2.45) is 18.0 Å². The lowest BCUT2D eigenvalue weighted by atomic mass is 9.78. The molecule has 0 atom stereocenters. The van der Waals surface area contributed by atoms with Crippen molar-refractivity contribution in [1.29, 1.82) is 0 Å². The van der Waals surface area contributed by atoms with Gasteiger partial charge in [0, 0.05) is 18.3 Å². The molecule has 1 aliphatic carbocycles. The Bertz CT molecular complexity index is 473. The van der Waals surface area contributed by atoms with Gasteiger partial charge in [-0.1, -0.05) is 18.7 Å². The van der Waals surface area contributed by atoms with Gasteiger partial charge in [0.2, 0.25) is 0 Å². The summed E-state index contributed by atoms with van der Waals surface area (Å²) in [5, 5.41) is 8.97. The first-order valence-electron chi connectivity index (χ1n) is 6.95. The lowest BCUT2D eigenvalue weighted by Gasteiger charge is -2.35. The van der Waals surface area contributed by atoms with Crippen LogP contribution in [0.15, 0.2) is 11.3 Å². The van der Waals surface area contributed by atoms with Crippen LogP contribution in [0.5, 0.6) is 0 Å². The Hall–Kier alpha value is -1.04. The molecule has 2 heterocycles. The van der Waals surface area contributed by atoms with Crippen molar-refractivity contribution >= 4 is 16.9 Å². The number of aliphatic imine (C=N–C) groups is 1. The second kappa shape index (κ2) is 5.15. The predicted molar refractivity (Wildman–Crippen MR) is 78.1 cm³/mol. The number of nitrogens with one attached hydrogen (secondary N) is 1. The van der Waals surface area contributed by atoms with Crippen LogP contribution in [0.3, 0.4) is 0 Å². The van der Waals surface area contributed by atoms with E-state index in [9.17, 15) is 0 Å². The summed E-state index contributed by atoms with van der Waals surface area (Å²) in [6, 6.07) is 0. The number of hydrogen-bond donors (Lipinski definition) is 1. The average Bonchev–Trinajstić information content (AvgIpc) is 2.99. The van der Waals surface area contributed by atoms with Crippen LogP contribution < -0.4 is 5.32 Å². The van der Waals surface area contributed by atoms with Crippen molar-refractivity contribution in [1.82, 2.24) is 20.1 Å². The third-order valence-corrected chi connectivity index (χ3v) is 5.30. The van der Waals surface area contributed by atoms with Crippen LogP contribution in [-0.4, -0.2) is 31.2 Å². The molecule has 2 fully saturated rings. The summed E-state index contributed by atoms with van der Waals surface area (Å²) in [7, 11) is 1.88. The maximum Gasteiger partial charge on any atom is 0.172 e. The molecular formula is C13H21N5S. The summed E-state index contributed by atoms with van der Waals surface area (Å²) < 4.78 is 1.72. The summed E-state index contributed by atoms with van der Waals surface area (Å²) in [4.78, 5) is 8.80. The Morgan fingerprint density at radius 3 is 3.00 bits per heavy atom. The number of aromatic nitrogens is 3. The summed E-state index contributed by atoms with van der Waals surface area (Å²) in [5.74, 6) is 2.83. The molecule has 0 unspecified atom stereocenters. The topological polar surface area (TPSA) is 55.1 Å². The zero-order valence-corrected chi connectivity index (χ0v) is 12.4. The van der Waals surface area contributed by atoms with Crippen LogP contribution in [0.1, 0.15) is 38.4 Å². The van der Waals surface area contributed by atoms with Crippen molar-refractivity contribution in [2.75, 3.05) is 5.75 Å². The number of hydrogen-bond acceptors (Lipinski definition) is 4. The van der Waals surface area contributed by atoms with E-state index in [1.54, 1.807) is 11.0 Å². The van der Waals surface area contributed by atoms with Gasteiger partial charge < -0.3 is 5.32 Å². The van der Waals surface area contributed by atoms with Gasteiger partial charge in [-0.25, -0.2) is 4.98 Å². The van der Waals surface area contributed by atoms with E-state index in [-0.39, 0.29) is 0 Å². The highest BCUT2D eigenvalue weighted by Crippen LogP contribution is 2.38. The molecule has 0 radical (unpaired) electrons. The van der Waals surface area contributed by atoms with E-state index in [4.69, 9.17) is 0 Å². The van der Waals surface area contributed by atoms with Gasteiger partial charge in [-0.2, -0.15) is 5.10 Å². The average molecular weight is 279 g/mol. The molecule has 2 aliphatic rings. The molecule has 1 aromatic heterocycles. The Balaban J connectivity index is 1.59. The minimum absolute atomic E-state index is 0.313. The van der Waals surface area contributed by atoms with Gasteiger partial charge in [0.1, 0.15) is 12.9 Å². The third kappa shape index (κ3) is 2.94. The number of rotatable bonds is 2. The van der Waals surface area contributed by atoms with Crippen LogP contribution in [0.4, 0.5) is 0 Å². The van der Waals surface area contributed by atoms with E-state index >= 15 is 0 Å². The molecule has 1 aromatic rings. The quantitative estimate of drug-likeness (QED) is 0.899. The molecule has 1 saturated heterocycles. The second-order valence-electron chi connectivity index (χ2n) is 5.83. The fraction of sp³-hybridized carbons (Fsp3) is 0.769. The van der Waals surface area contributed by atoms with Gasteiger partial charge in [0.05, 0.1) is 0 Å². The zero-order chi connectivity index (χ0) is 13.3. The van der Waals surface area contributed by atoms with Gasteiger partial charge in [0.25, 0.3) is 0 Å². The number of aryl methyl sites for hydroxylation is 1. The predicted octanol–water partition coefficient (Wildman–Crippen LogP) is 1.96. The minimum atomic E-state index is 0.313. The molecule has 3 rings (SSSR count). The van der Waals surface area contributed by atoms with Gasteiger partial charge in [0.15, 0.2) is 11.0 Å². The Morgan fingerprint density at radius 1 is 1.53 bits per heavy atom. The minimum Gasteiger partial charge on any atom is -0.359 e. The lowest BCUT2D eigenvalue weighted by Crippen LogP contribution is -2.46. The molecular weight excluding hydrogens is 258 g/mol. The van der Waals surface area contributed by atoms with Crippen LogP contribution in [0.2, 0.25) is 0 Å². The summed E-state index contributed by atoms with van der Waals surface area (Å²) in [6.45, 7) is 2.93. The molecule has 1 saturated carbocycles. The van der Waals surface area contributed by atoms with Crippen molar-refractivity contribution in [3.8, 4) is 0 Å². The van der Waals surface area contributed by atoms with Gasteiger partial charge in [-0.3, -0.25) is 9.67 Å². The van der Waals surface area contributed by atoms with E-state index < -0.39 is 0 Å². The van der Waals surface area contributed by atoms with E-state index in [1.807, 2.05) is 18.8 Å². The molecule has 0 amide bonds. The molecule has 6 heteroatoms. The van der Waals surface area contributed by atoms with Gasteiger partial charge >= 0.3 is 0 Å². The van der Waals surface area contributed by atoms with E-state index in [0.29, 0.717) is 12.1 Å². The largest absolute Gasteiger partial charge is 0.359 e. The van der Waals surface area contributed by atoms with Crippen molar-refractivity contribution in [3.63, 3.8) is 0 Å². The van der Waals surface area contributed by atoms with Gasteiger partial charge in [-0.05, 0) is 31.6 Å². The summed E-state index contributed by atoms with van der Waals surface area (Å²) in [6.07, 6.45) is 6.95. The van der Waals surface area contributed by atoms with Crippen LogP contribution in [0, 0.1) is 5.92 Å². The standard InChI is InChI=1S/C13H21N5S/c1-10-3-5-13(6-4-10)8-19-12(16-13)14-7-11-15-9-18(2)17-11/h9-10H,3-8H2,1-2H3,(H,14,16). The fourth-order valence-corrected chi connectivity index (χ4v) is 3.99. The van der Waals surface area contributed by atoms with E-state index in [0.717, 1.165) is 22.7 Å². The molecule has 0 bridgehead atoms. The van der Waals surface area contributed by atoms with Crippen LogP contribution in [-0.2, 0) is 13.6 Å². The number of amidine groups is 1. The highest BCUT2D eigenvalue weighted by Gasteiger charge is 2.39. The first-order valence-corrected chi connectivity index (χ1v) is 7.94. The van der Waals surface area contributed by atoms with Crippen molar-refractivity contribution < 1.29 is 0 Å². The van der Waals surface area contributed by atoms with E-state index in [1.165, 1.54) is 25.7 Å². The summed E-state index contributed by atoms with van der Waals surface area (Å²) in [5.41, 5.74) is 0.313. The molecule has 104 valence electrons. The Labute approximate surface area is 118 Å². The molecule has 5 nitrogen and oxygen atoms in total. The van der Waals surface area contributed by atoms with Crippen LogP contribution >= 0.6 is 11.8 Å². The van der Waals surface area contributed by atoms with Crippen molar-refractivity contribution in [2.45, 2.75) is 44.7 Å². The Kier molecular flexibility index (Phi) is 3.52. The molecule has 1 spiro atoms. The fourth-order valence-electron chi connectivity index (χ4n) is 2.77. The Morgan fingerprint density at radius 2 is 2.32 bits per heavy atom. The highest BCUT2D eigenvalue weighted by molar-refractivity contribution is 8.14. The van der Waals surface area contributed by atoms with E-state index in [2.05, 4.69) is 27.3 Å². The molecule has 1 aliphatic heterocycles. The molecule has 0 aromatic carbocycles. The van der Waals surface area contributed by atoms with Crippen molar-refractivity contribution in [3.05, 3.63) is 12.2 Å². The monoisotopic (exact) mass is 279 g/mol. The van der Waals surface area contributed by atoms with Gasteiger partial charge in [-0.15, -0.1) is 0 Å². The molecule has 19 heavy (non-hydrogen) atoms. The maximum absolute atomic E-state index is 4.61. The number of nitrogens with zero attached hydrogens (tertiary/aromatic N) is 4.